The second-order valence-corrected chi connectivity index (χ2v) is 15.7. The quantitative estimate of drug-likeness (QED) is 0.343. The van der Waals surface area contributed by atoms with Gasteiger partial charge in [-0.1, -0.05) is 31.9 Å². The molecule has 0 aliphatic carbocycles. The molecular formula is C9H13Br5N2O2S. The van der Waals surface area contributed by atoms with Crippen molar-refractivity contribution in [2.75, 3.05) is 24.6 Å². The van der Waals surface area contributed by atoms with Crippen LogP contribution in [0.3, 0.4) is 0 Å². The number of nitrogens with one attached hydrogen (secondary N) is 2. The standard InChI is InChI=1S/C9H13Br5N2O2S/c1-8(10,11)6(17)15-2-4-19-5-3-16-7(18)9(12,13)14/h2-5H2,1H3,(H,15,17)(H,16,18). The molecule has 19 heavy (non-hydrogen) atoms. The zero-order chi connectivity index (χ0) is 15.1. The van der Waals surface area contributed by atoms with Crippen LogP contribution in [0.25, 0.3) is 0 Å². The van der Waals surface area contributed by atoms with Crippen molar-refractivity contribution in [2.24, 2.45) is 0 Å². The average molecular weight is 613 g/mol. The Bertz CT molecular complexity index is 287. The summed E-state index contributed by atoms with van der Waals surface area (Å²) in [5.74, 6) is 1.28. The maximum Gasteiger partial charge on any atom is 0.258 e. The minimum atomic E-state index is -0.901. The number of carbonyl (C=O) groups excluding carboxylic acids is 2. The molecule has 0 aliphatic rings. The van der Waals surface area contributed by atoms with Gasteiger partial charge in [-0.3, -0.25) is 9.59 Å². The first kappa shape index (κ1) is 20.7. The maximum absolute atomic E-state index is 11.5. The molecule has 0 atom stereocenters. The highest BCUT2D eigenvalue weighted by molar-refractivity contribution is 9.40. The fourth-order valence-corrected chi connectivity index (χ4v) is 2.23. The van der Waals surface area contributed by atoms with E-state index >= 15 is 0 Å². The van der Waals surface area contributed by atoms with E-state index in [-0.39, 0.29) is 11.8 Å². The zero-order valence-corrected chi connectivity index (χ0v) is 18.7. The predicted octanol–water partition coefficient (Wildman–Crippen LogP) is 3.30. The third-order valence-corrected chi connectivity index (χ3v) is 4.51. The Balaban J connectivity index is 3.53. The number of halogens is 5. The lowest BCUT2D eigenvalue weighted by molar-refractivity contribution is -0.121. The SMILES string of the molecule is CC(Br)(Br)C(=O)NCCSCCNC(=O)C(Br)(Br)Br. The van der Waals surface area contributed by atoms with Gasteiger partial charge in [0.15, 0.2) is 3.23 Å². The second kappa shape index (κ2) is 9.66. The molecule has 0 aromatic carbocycles. The minimum absolute atomic E-state index is 0.107. The van der Waals surface area contributed by atoms with Crippen LogP contribution in [-0.2, 0) is 9.59 Å². The van der Waals surface area contributed by atoms with Crippen molar-refractivity contribution in [3.05, 3.63) is 0 Å². The van der Waals surface area contributed by atoms with E-state index < -0.39 is 5.38 Å². The van der Waals surface area contributed by atoms with Crippen molar-refractivity contribution in [2.45, 2.75) is 12.3 Å². The van der Waals surface area contributed by atoms with Crippen LogP contribution in [-0.4, -0.2) is 41.8 Å². The highest BCUT2D eigenvalue weighted by Gasteiger charge is 2.27. The van der Waals surface area contributed by atoms with Crippen molar-refractivity contribution in [3.8, 4) is 0 Å². The molecule has 0 aromatic heterocycles. The summed E-state index contributed by atoms with van der Waals surface area (Å²) in [7, 11) is 0. The number of carbonyl (C=O) groups is 2. The summed E-state index contributed by atoms with van der Waals surface area (Å²) in [5, 5.41) is 5.53. The van der Waals surface area contributed by atoms with Crippen LogP contribution in [0.15, 0.2) is 0 Å². The highest BCUT2D eigenvalue weighted by Crippen LogP contribution is 2.33. The van der Waals surface area contributed by atoms with E-state index in [1.54, 1.807) is 18.7 Å². The molecule has 0 bridgehead atoms. The number of rotatable bonds is 7. The smallest absolute Gasteiger partial charge is 0.258 e. The van der Waals surface area contributed by atoms with Crippen molar-refractivity contribution in [1.82, 2.24) is 10.6 Å². The molecule has 0 unspecified atom stereocenters. The van der Waals surface area contributed by atoms with E-state index in [1.165, 1.54) is 0 Å². The summed E-state index contributed by atoms with van der Waals surface area (Å²) in [6.45, 7) is 2.87. The van der Waals surface area contributed by atoms with Crippen molar-refractivity contribution in [3.63, 3.8) is 0 Å². The van der Waals surface area contributed by atoms with Gasteiger partial charge in [0.05, 0.1) is 0 Å². The minimum Gasteiger partial charge on any atom is -0.353 e. The largest absolute Gasteiger partial charge is 0.353 e. The van der Waals surface area contributed by atoms with Gasteiger partial charge >= 0.3 is 0 Å². The number of hydrogen-bond donors (Lipinski definition) is 2. The fourth-order valence-electron chi connectivity index (χ4n) is 0.831. The summed E-state index contributed by atoms with van der Waals surface area (Å²) >= 11 is 17.5. The molecule has 0 aliphatic heterocycles. The molecule has 112 valence electrons. The monoisotopic (exact) mass is 608 g/mol. The van der Waals surface area contributed by atoms with Gasteiger partial charge in [-0.2, -0.15) is 11.8 Å². The molecule has 0 radical (unpaired) electrons. The molecule has 0 spiro atoms. The van der Waals surface area contributed by atoms with E-state index in [0.717, 1.165) is 11.5 Å². The van der Waals surface area contributed by atoms with Gasteiger partial charge in [0.1, 0.15) is 0 Å². The number of hydrogen-bond acceptors (Lipinski definition) is 3. The number of alkyl halides is 5. The van der Waals surface area contributed by atoms with E-state index in [1.807, 2.05) is 0 Å². The first-order valence-electron chi connectivity index (χ1n) is 5.14. The molecule has 0 aromatic rings. The van der Waals surface area contributed by atoms with E-state index in [0.29, 0.717) is 13.1 Å². The number of thioether (sulfide) groups is 1. The van der Waals surface area contributed by atoms with Gasteiger partial charge in [0.25, 0.3) is 5.91 Å². The molecular weight excluding hydrogens is 600 g/mol. The molecule has 0 rings (SSSR count). The Morgan fingerprint density at radius 1 is 0.947 bits per heavy atom. The summed E-state index contributed by atoms with van der Waals surface area (Å²) in [6, 6.07) is 0. The summed E-state index contributed by atoms with van der Waals surface area (Å²) in [5.41, 5.74) is 0. The summed E-state index contributed by atoms with van der Waals surface area (Å²) in [4.78, 5) is 22.9. The molecule has 10 heteroatoms. The van der Waals surface area contributed by atoms with Crippen LogP contribution in [0.5, 0.6) is 0 Å². The Hall–Kier alpha value is 1.69. The lowest BCUT2D eigenvalue weighted by Gasteiger charge is -2.14. The van der Waals surface area contributed by atoms with Crippen molar-refractivity contribution >= 4 is 103 Å². The third-order valence-electron chi connectivity index (χ3n) is 1.72. The third kappa shape index (κ3) is 11.0. The Labute approximate surface area is 159 Å². The Morgan fingerprint density at radius 3 is 1.74 bits per heavy atom. The average Bonchev–Trinajstić information content (AvgIpc) is 2.24. The lowest BCUT2D eigenvalue weighted by atomic mass is 10.4. The second-order valence-electron chi connectivity index (χ2n) is 3.51. The van der Waals surface area contributed by atoms with Gasteiger partial charge in [-0.25, -0.2) is 0 Å². The summed E-state index contributed by atoms with van der Waals surface area (Å²) < 4.78 is -1.62. The molecule has 0 fully saturated rings. The van der Waals surface area contributed by atoms with E-state index in [4.69, 9.17) is 0 Å². The molecule has 0 heterocycles. The molecule has 2 N–H and O–H groups in total. The van der Waals surface area contributed by atoms with Gasteiger partial charge in [0.2, 0.25) is 8.05 Å². The first-order valence-corrected chi connectivity index (χ1v) is 10.3. The van der Waals surface area contributed by atoms with Crippen LogP contribution < -0.4 is 10.6 Å². The first-order chi connectivity index (χ1) is 8.55. The van der Waals surface area contributed by atoms with Crippen LogP contribution in [0.2, 0.25) is 0 Å². The van der Waals surface area contributed by atoms with Gasteiger partial charge in [-0.05, 0) is 54.7 Å². The molecule has 0 saturated heterocycles. The van der Waals surface area contributed by atoms with Crippen molar-refractivity contribution in [1.29, 1.82) is 0 Å². The van der Waals surface area contributed by atoms with E-state index in [2.05, 4.69) is 90.3 Å². The molecule has 4 nitrogen and oxygen atoms in total. The Kier molecular flexibility index (Phi) is 10.5. The lowest BCUT2D eigenvalue weighted by Crippen LogP contribution is -2.37. The van der Waals surface area contributed by atoms with Crippen LogP contribution >= 0.6 is 91.4 Å². The molecule has 0 saturated carbocycles. The van der Waals surface area contributed by atoms with Crippen LogP contribution in [0.1, 0.15) is 6.92 Å². The predicted molar refractivity (Wildman–Crippen MR) is 99.1 cm³/mol. The molecule has 2 amide bonds. The maximum atomic E-state index is 11.5. The van der Waals surface area contributed by atoms with Crippen molar-refractivity contribution < 1.29 is 9.59 Å². The fraction of sp³-hybridized carbons (Fsp3) is 0.778. The zero-order valence-electron chi connectivity index (χ0n) is 9.94. The Morgan fingerprint density at radius 2 is 1.37 bits per heavy atom. The summed E-state index contributed by atoms with van der Waals surface area (Å²) in [6.07, 6.45) is 0. The van der Waals surface area contributed by atoms with Crippen LogP contribution in [0, 0.1) is 0 Å². The van der Waals surface area contributed by atoms with Gasteiger partial charge < -0.3 is 10.6 Å². The number of amides is 2. The highest BCUT2D eigenvalue weighted by atomic mass is 80.0. The van der Waals surface area contributed by atoms with Gasteiger partial charge in [0, 0.05) is 24.6 Å². The topological polar surface area (TPSA) is 58.2 Å². The van der Waals surface area contributed by atoms with Crippen LogP contribution in [0.4, 0.5) is 0 Å². The van der Waals surface area contributed by atoms with E-state index in [9.17, 15) is 9.59 Å². The van der Waals surface area contributed by atoms with Gasteiger partial charge in [-0.15, -0.1) is 0 Å². The normalized spacial score (nSPS) is 12.1.